The Kier molecular flexibility index (Phi) is 4.47. The normalized spacial score (nSPS) is 10.6. The molecular formula is C20H21N3O. The third kappa shape index (κ3) is 3.08. The molecule has 3 rings (SSSR count). The first kappa shape index (κ1) is 16.0. The molecule has 1 heterocycles. The van der Waals surface area contributed by atoms with Crippen molar-refractivity contribution in [2.24, 2.45) is 7.05 Å². The fourth-order valence-electron chi connectivity index (χ4n) is 2.87. The standard InChI is InChI=1S/C20H21N3O/c1-15-19(16(2)22(3)21-15)20(24)23(18-12-8-5-9-13-18)14-17-10-6-4-7-11-17/h4-13H,14H2,1-3H3. The largest absolute Gasteiger partial charge is 0.304 e. The summed E-state index contributed by atoms with van der Waals surface area (Å²) in [5, 5.41) is 4.38. The number of carbonyl (C=O) groups is 1. The van der Waals surface area contributed by atoms with Gasteiger partial charge in [-0.05, 0) is 31.5 Å². The maximum Gasteiger partial charge on any atom is 0.262 e. The fourth-order valence-corrected chi connectivity index (χ4v) is 2.87. The van der Waals surface area contributed by atoms with Crippen molar-refractivity contribution >= 4 is 11.6 Å². The highest BCUT2D eigenvalue weighted by Crippen LogP contribution is 2.23. The van der Waals surface area contributed by atoms with E-state index in [1.54, 1.807) is 4.68 Å². The van der Waals surface area contributed by atoms with Crippen LogP contribution in [0.15, 0.2) is 60.7 Å². The van der Waals surface area contributed by atoms with Gasteiger partial charge in [-0.3, -0.25) is 9.48 Å². The van der Waals surface area contributed by atoms with E-state index in [-0.39, 0.29) is 5.91 Å². The maximum absolute atomic E-state index is 13.3. The van der Waals surface area contributed by atoms with E-state index in [1.165, 1.54) is 0 Å². The minimum absolute atomic E-state index is 0.0202. The zero-order valence-corrected chi connectivity index (χ0v) is 14.2. The van der Waals surface area contributed by atoms with Gasteiger partial charge >= 0.3 is 0 Å². The number of anilines is 1. The molecule has 0 unspecified atom stereocenters. The van der Waals surface area contributed by atoms with Gasteiger partial charge in [0.15, 0.2) is 0 Å². The molecule has 4 heteroatoms. The number of hydrogen-bond acceptors (Lipinski definition) is 2. The second-order valence-electron chi connectivity index (χ2n) is 5.88. The quantitative estimate of drug-likeness (QED) is 0.732. The molecule has 0 radical (unpaired) electrons. The van der Waals surface area contributed by atoms with Crippen molar-refractivity contribution in [1.29, 1.82) is 0 Å². The monoisotopic (exact) mass is 319 g/mol. The molecule has 0 fully saturated rings. The number of nitrogens with zero attached hydrogens (tertiary/aromatic N) is 3. The predicted octanol–water partition coefficient (Wildman–Crippen LogP) is 3.88. The van der Waals surface area contributed by atoms with Crippen molar-refractivity contribution in [2.45, 2.75) is 20.4 Å². The van der Waals surface area contributed by atoms with Gasteiger partial charge in [0.2, 0.25) is 0 Å². The van der Waals surface area contributed by atoms with Crippen LogP contribution in [0.2, 0.25) is 0 Å². The molecular weight excluding hydrogens is 298 g/mol. The van der Waals surface area contributed by atoms with Gasteiger partial charge in [-0.1, -0.05) is 48.5 Å². The number of hydrogen-bond donors (Lipinski definition) is 0. The van der Waals surface area contributed by atoms with Crippen molar-refractivity contribution in [2.75, 3.05) is 4.90 Å². The summed E-state index contributed by atoms with van der Waals surface area (Å²) in [6, 6.07) is 19.8. The molecule has 0 bridgehead atoms. The van der Waals surface area contributed by atoms with Gasteiger partial charge in [-0.25, -0.2) is 0 Å². The fraction of sp³-hybridized carbons (Fsp3) is 0.200. The van der Waals surface area contributed by atoms with Gasteiger partial charge in [0.05, 0.1) is 17.8 Å². The van der Waals surface area contributed by atoms with Crippen LogP contribution < -0.4 is 4.90 Å². The Hall–Kier alpha value is -2.88. The van der Waals surface area contributed by atoms with Crippen LogP contribution in [0.3, 0.4) is 0 Å². The van der Waals surface area contributed by atoms with Gasteiger partial charge in [0, 0.05) is 18.4 Å². The molecule has 0 aliphatic rings. The zero-order valence-electron chi connectivity index (χ0n) is 14.2. The first-order valence-electron chi connectivity index (χ1n) is 7.99. The molecule has 0 atom stereocenters. The van der Waals surface area contributed by atoms with Crippen molar-refractivity contribution in [3.63, 3.8) is 0 Å². The molecule has 0 N–H and O–H groups in total. The second-order valence-corrected chi connectivity index (χ2v) is 5.88. The van der Waals surface area contributed by atoms with E-state index in [4.69, 9.17) is 0 Å². The van der Waals surface area contributed by atoms with Crippen LogP contribution in [-0.2, 0) is 13.6 Å². The van der Waals surface area contributed by atoms with E-state index < -0.39 is 0 Å². The number of aryl methyl sites for hydroxylation is 2. The van der Waals surface area contributed by atoms with Crippen LogP contribution in [0.1, 0.15) is 27.3 Å². The summed E-state index contributed by atoms with van der Waals surface area (Å²) in [6.45, 7) is 4.34. The van der Waals surface area contributed by atoms with Gasteiger partial charge in [-0.15, -0.1) is 0 Å². The third-order valence-corrected chi connectivity index (χ3v) is 4.22. The molecule has 0 spiro atoms. The minimum Gasteiger partial charge on any atom is -0.304 e. The summed E-state index contributed by atoms with van der Waals surface area (Å²) < 4.78 is 1.76. The predicted molar refractivity (Wildman–Crippen MR) is 96.1 cm³/mol. The van der Waals surface area contributed by atoms with E-state index in [0.717, 1.165) is 22.6 Å². The number of amides is 1. The van der Waals surface area contributed by atoms with E-state index in [0.29, 0.717) is 12.1 Å². The van der Waals surface area contributed by atoms with Crippen molar-refractivity contribution in [3.05, 3.63) is 83.2 Å². The summed E-state index contributed by atoms with van der Waals surface area (Å²) >= 11 is 0. The van der Waals surface area contributed by atoms with Crippen molar-refractivity contribution in [1.82, 2.24) is 9.78 Å². The second kappa shape index (κ2) is 6.71. The van der Waals surface area contributed by atoms with Gasteiger partial charge in [0.25, 0.3) is 5.91 Å². The lowest BCUT2D eigenvalue weighted by atomic mass is 10.1. The molecule has 4 nitrogen and oxygen atoms in total. The van der Waals surface area contributed by atoms with Gasteiger partial charge < -0.3 is 4.90 Å². The van der Waals surface area contributed by atoms with E-state index in [9.17, 15) is 4.79 Å². The van der Waals surface area contributed by atoms with Crippen LogP contribution in [0.5, 0.6) is 0 Å². The average Bonchev–Trinajstić information content (AvgIpc) is 2.86. The van der Waals surface area contributed by atoms with Crippen LogP contribution in [0.4, 0.5) is 5.69 Å². The zero-order chi connectivity index (χ0) is 17.1. The highest BCUT2D eigenvalue weighted by Gasteiger charge is 2.24. The molecule has 1 amide bonds. The Morgan fingerprint density at radius 3 is 2.12 bits per heavy atom. The first-order valence-corrected chi connectivity index (χ1v) is 7.99. The van der Waals surface area contributed by atoms with Crippen LogP contribution in [0.25, 0.3) is 0 Å². The van der Waals surface area contributed by atoms with Gasteiger partial charge in [0.1, 0.15) is 0 Å². The molecule has 0 aliphatic heterocycles. The third-order valence-electron chi connectivity index (χ3n) is 4.22. The van der Waals surface area contributed by atoms with Gasteiger partial charge in [-0.2, -0.15) is 5.10 Å². The van der Waals surface area contributed by atoms with Crippen molar-refractivity contribution in [3.8, 4) is 0 Å². The van der Waals surface area contributed by atoms with E-state index >= 15 is 0 Å². The lowest BCUT2D eigenvalue weighted by molar-refractivity contribution is 0.0984. The molecule has 0 saturated carbocycles. The lowest BCUT2D eigenvalue weighted by Gasteiger charge is -2.23. The summed E-state index contributed by atoms with van der Waals surface area (Å²) in [5.41, 5.74) is 4.29. The molecule has 2 aromatic carbocycles. The van der Waals surface area contributed by atoms with Crippen LogP contribution >= 0.6 is 0 Å². The smallest absolute Gasteiger partial charge is 0.262 e. The topological polar surface area (TPSA) is 38.1 Å². The Morgan fingerprint density at radius 2 is 1.58 bits per heavy atom. The Labute approximate surface area is 142 Å². The van der Waals surface area contributed by atoms with E-state index in [1.807, 2.05) is 86.5 Å². The minimum atomic E-state index is -0.0202. The molecule has 3 aromatic rings. The molecule has 122 valence electrons. The highest BCUT2D eigenvalue weighted by molar-refractivity contribution is 6.07. The van der Waals surface area contributed by atoms with E-state index in [2.05, 4.69) is 5.10 Å². The van der Waals surface area contributed by atoms with Crippen molar-refractivity contribution < 1.29 is 4.79 Å². The van der Waals surface area contributed by atoms with Crippen LogP contribution in [0, 0.1) is 13.8 Å². The maximum atomic E-state index is 13.3. The Morgan fingerprint density at radius 1 is 1.00 bits per heavy atom. The Bertz CT molecular complexity index is 838. The summed E-state index contributed by atoms with van der Waals surface area (Å²) in [5.74, 6) is -0.0202. The number of benzene rings is 2. The summed E-state index contributed by atoms with van der Waals surface area (Å²) in [4.78, 5) is 15.1. The number of rotatable bonds is 4. The number of para-hydroxylation sites is 1. The molecule has 24 heavy (non-hydrogen) atoms. The molecule has 0 aliphatic carbocycles. The first-order chi connectivity index (χ1) is 11.6. The number of aromatic nitrogens is 2. The Balaban J connectivity index is 2.02. The molecule has 0 saturated heterocycles. The molecule has 1 aromatic heterocycles. The SMILES string of the molecule is Cc1nn(C)c(C)c1C(=O)N(Cc1ccccc1)c1ccccc1. The summed E-state index contributed by atoms with van der Waals surface area (Å²) in [7, 11) is 1.86. The van der Waals surface area contributed by atoms with Crippen LogP contribution in [-0.4, -0.2) is 15.7 Å². The summed E-state index contributed by atoms with van der Waals surface area (Å²) in [6.07, 6.45) is 0. The highest BCUT2D eigenvalue weighted by atomic mass is 16.2. The number of carbonyl (C=O) groups excluding carboxylic acids is 1. The lowest BCUT2D eigenvalue weighted by Crippen LogP contribution is -2.31. The average molecular weight is 319 g/mol.